The SMILES string of the molecule is CCc1nn(CCl)c(=O)o1. The third-order valence-corrected chi connectivity index (χ3v) is 1.29. The van der Waals surface area contributed by atoms with Crippen LogP contribution in [0.5, 0.6) is 0 Å². The second-order valence-electron chi connectivity index (χ2n) is 1.73. The lowest BCUT2D eigenvalue weighted by molar-refractivity contribution is 0.457. The van der Waals surface area contributed by atoms with Gasteiger partial charge >= 0.3 is 5.76 Å². The molecule has 0 N–H and O–H groups in total. The molecular formula is C5H7ClN2O2. The summed E-state index contributed by atoms with van der Waals surface area (Å²) in [5, 5.41) is 3.75. The average Bonchev–Trinajstić information content (AvgIpc) is 2.30. The summed E-state index contributed by atoms with van der Waals surface area (Å²) in [5.41, 5.74) is 0. The fourth-order valence-electron chi connectivity index (χ4n) is 0.568. The molecule has 0 saturated heterocycles. The van der Waals surface area contributed by atoms with Crippen molar-refractivity contribution in [2.45, 2.75) is 19.3 Å². The largest absolute Gasteiger partial charge is 0.438 e. The zero-order chi connectivity index (χ0) is 7.56. The van der Waals surface area contributed by atoms with Crippen molar-refractivity contribution in [1.82, 2.24) is 9.78 Å². The molecule has 0 spiro atoms. The molecule has 1 aromatic rings. The molecule has 0 bridgehead atoms. The molecule has 0 aliphatic heterocycles. The Morgan fingerprint density at radius 1 is 1.80 bits per heavy atom. The van der Waals surface area contributed by atoms with Gasteiger partial charge in [0.05, 0.1) is 0 Å². The molecule has 0 amide bonds. The monoisotopic (exact) mass is 162 g/mol. The first-order valence-corrected chi connectivity index (χ1v) is 3.44. The lowest BCUT2D eigenvalue weighted by Crippen LogP contribution is -2.12. The Morgan fingerprint density at radius 3 is 2.80 bits per heavy atom. The van der Waals surface area contributed by atoms with Crippen LogP contribution in [0.4, 0.5) is 0 Å². The van der Waals surface area contributed by atoms with E-state index in [1.54, 1.807) is 0 Å². The number of alkyl halides is 1. The Hall–Kier alpha value is -0.770. The second-order valence-corrected chi connectivity index (χ2v) is 1.97. The lowest BCUT2D eigenvalue weighted by Gasteiger charge is -1.82. The minimum absolute atomic E-state index is 0.0440. The second kappa shape index (κ2) is 2.88. The summed E-state index contributed by atoms with van der Waals surface area (Å²) in [4.78, 5) is 10.7. The molecule has 1 aromatic heterocycles. The Bertz CT molecular complexity index is 265. The van der Waals surface area contributed by atoms with Crippen molar-refractivity contribution in [3.05, 3.63) is 16.4 Å². The molecule has 1 heterocycles. The van der Waals surface area contributed by atoms with Gasteiger partial charge in [0.15, 0.2) is 0 Å². The summed E-state index contributed by atoms with van der Waals surface area (Å²) in [6, 6.07) is 0.0440. The number of halogens is 1. The first-order chi connectivity index (χ1) is 4.77. The summed E-state index contributed by atoms with van der Waals surface area (Å²) in [6.45, 7) is 1.85. The molecule has 1 rings (SSSR count). The third-order valence-electron chi connectivity index (χ3n) is 1.06. The first kappa shape index (κ1) is 7.34. The Kier molecular flexibility index (Phi) is 2.11. The molecular weight excluding hydrogens is 156 g/mol. The Balaban J connectivity index is 3.04. The van der Waals surface area contributed by atoms with Crippen molar-refractivity contribution in [3.8, 4) is 0 Å². The van der Waals surface area contributed by atoms with Crippen LogP contribution in [0.3, 0.4) is 0 Å². The fourth-order valence-corrected chi connectivity index (χ4v) is 0.719. The van der Waals surface area contributed by atoms with E-state index in [2.05, 4.69) is 9.52 Å². The van der Waals surface area contributed by atoms with Crippen molar-refractivity contribution in [3.63, 3.8) is 0 Å². The van der Waals surface area contributed by atoms with Gasteiger partial charge in [-0.25, -0.2) is 4.79 Å². The van der Waals surface area contributed by atoms with Crippen LogP contribution in [0.2, 0.25) is 0 Å². The predicted octanol–water partition coefficient (Wildman–Crippen LogP) is 0.595. The van der Waals surface area contributed by atoms with Crippen molar-refractivity contribution in [2.24, 2.45) is 0 Å². The van der Waals surface area contributed by atoms with Crippen LogP contribution in [0.25, 0.3) is 0 Å². The van der Waals surface area contributed by atoms with Gasteiger partial charge in [-0.2, -0.15) is 4.68 Å². The van der Waals surface area contributed by atoms with Crippen LogP contribution in [0.15, 0.2) is 9.21 Å². The Labute approximate surface area is 62.4 Å². The van der Waals surface area contributed by atoms with Gasteiger partial charge in [-0.15, -0.1) is 16.7 Å². The van der Waals surface area contributed by atoms with E-state index in [0.717, 1.165) is 4.68 Å². The van der Waals surface area contributed by atoms with Crippen molar-refractivity contribution in [1.29, 1.82) is 0 Å². The van der Waals surface area contributed by atoms with E-state index in [-0.39, 0.29) is 6.00 Å². The highest BCUT2D eigenvalue weighted by molar-refractivity contribution is 6.15. The van der Waals surface area contributed by atoms with E-state index in [1.807, 2.05) is 6.92 Å². The minimum atomic E-state index is -0.494. The van der Waals surface area contributed by atoms with Crippen LogP contribution in [0.1, 0.15) is 12.8 Å². The minimum Gasteiger partial charge on any atom is -0.392 e. The molecule has 0 atom stereocenters. The van der Waals surface area contributed by atoms with Gasteiger partial charge in [0.2, 0.25) is 5.89 Å². The van der Waals surface area contributed by atoms with E-state index in [4.69, 9.17) is 11.6 Å². The summed E-state index contributed by atoms with van der Waals surface area (Å²) in [6.07, 6.45) is 0.610. The number of rotatable bonds is 2. The summed E-state index contributed by atoms with van der Waals surface area (Å²) < 4.78 is 5.74. The normalized spacial score (nSPS) is 10.2. The van der Waals surface area contributed by atoms with Crippen LogP contribution in [-0.4, -0.2) is 9.78 Å². The first-order valence-electron chi connectivity index (χ1n) is 2.90. The number of aryl methyl sites for hydroxylation is 1. The molecule has 0 unspecified atom stereocenters. The van der Waals surface area contributed by atoms with Gasteiger partial charge in [-0.3, -0.25) is 0 Å². The molecule has 10 heavy (non-hydrogen) atoms. The molecule has 0 radical (unpaired) electrons. The molecule has 5 heteroatoms. The fraction of sp³-hybridized carbons (Fsp3) is 0.600. The molecule has 0 saturated carbocycles. The topological polar surface area (TPSA) is 48.0 Å². The highest BCUT2D eigenvalue weighted by atomic mass is 35.5. The van der Waals surface area contributed by atoms with Gasteiger partial charge in [0.25, 0.3) is 0 Å². The van der Waals surface area contributed by atoms with Gasteiger partial charge in [0.1, 0.15) is 6.00 Å². The van der Waals surface area contributed by atoms with Crippen LogP contribution < -0.4 is 5.76 Å². The molecule has 4 nitrogen and oxygen atoms in total. The van der Waals surface area contributed by atoms with E-state index >= 15 is 0 Å². The van der Waals surface area contributed by atoms with Crippen molar-refractivity contribution < 1.29 is 4.42 Å². The number of aromatic nitrogens is 2. The van der Waals surface area contributed by atoms with Crippen LogP contribution >= 0.6 is 11.6 Å². The standard InChI is InChI=1S/C5H7ClN2O2/c1-2-4-7-8(3-6)5(9)10-4/h2-3H2,1H3. The highest BCUT2D eigenvalue weighted by Gasteiger charge is 2.02. The van der Waals surface area contributed by atoms with E-state index in [9.17, 15) is 4.79 Å². The third kappa shape index (κ3) is 1.21. The summed E-state index contributed by atoms with van der Waals surface area (Å²) in [7, 11) is 0. The smallest absolute Gasteiger partial charge is 0.392 e. The van der Waals surface area contributed by atoms with Gasteiger partial charge in [0, 0.05) is 6.42 Å². The summed E-state index contributed by atoms with van der Waals surface area (Å²) >= 11 is 5.34. The molecule has 0 fully saturated rings. The van der Waals surface area contributed by atoms with E-state index in [1.165, 1.54) is 0 Å². The number of hydrogen-bond donors (Lipinski definition) is 0. The zero-order valence-corrected chi connectivity index (χ0v) is 6.26. The maximum absolute atomic E-state index is 10.7. The molecule has 0 aliphatic rings. The molecule has 0 aliphatic carbocycles. The van der Waals surface area contributed by atoms with Gasteiger partial charge in [-0.05, 0) is 0 Å². The van der Waals surface area contributed by atoms with Crippen LogP contribution in [-0.2, 0) is 12.4 Å². The van der Waals surface area contributed by atoms with Crippen molar-refractivity contribution in [2.75, 3.05) is 0 Å². The van der Waals surface area contributed by atoms with Gasteiger partial charge in [-0.1, -0.05) is 6.92 Å². The maximum atomic E-state index is 10.7. The number of nitrogens with zero attached hydrogens (tertiary/aromatic N) is 2. The van der Waals surface area contributed by atoms with Gasteiger partial charge < -0.3 is 4.42 Å². The van der Waals surface area contributed by atoms with E-state index in [0.29, 0.717) is 12.3 Å². The lowest BCUT2D eigenvalue weighted by atomic mass is 10.5. The van der Waals surface area contributed by atoms with Crippen molar-refractivity contribution >= 4 is 11.6 Å². The average molecular weight is 163 g/mol. The maximum Gasteiger partial charge on any atom is 0.438 e. The van der Waals surface area contributed by atoms with Crippen LogP contribution in [0, 0.1) is 0 Å². The summed E-state index contributed by atoms with van der Waals surface area (Å²) in [5.74, 6) is -0.0718. The molecule has 56 valence electrons. The zero-order valence-electron chi connectivity index (χ0n) is 5.50. The quantitative estimate of drug-likeness (QED) is 0.599. The molecule has 0 aromatic carbocycles. The predicted molar refractivity (Wildman–Crippen MR) is 36.0 cm³/mol. The van der Waals surface area contributed by atoms with E-state index < -0.39 is 5.76 Å². The Morgan fingerprint density at radius 2 is 2.50 bits per heavy atom. The number of hydrogen-bond acceptors (Lipinski definition) is 3. The highest BCUT2D eigenvalue weighted by Crippen LogP contribution is 1.91.